The topological polar surface area (TPSA) is 77.9 Å². The molecule has 0 saturated heterocycles. The van der Waals surface area contributed by atoms with Gasteiger partial charge in [-0.2, -0.15) is 0 Å². The Balaban J connectivity index is 1.50. The largest absolute Gasteiger partial charge is 0.573 e. The molecule has 2 aromatic carbocycles. The average Bonchev–Trinajstić information content (AvgIpc) is 3.58. The van der Waals surface area contributed by atoms with Crippen molar-refractivity contribution in [3.05, 3.63) is 72.1 Å². The Hall–Kier alpha value is -3.75. The van der Waals surface area contributed by atoms with Gasteiger partial charge < -0.3 is 19.3 Å². The van der Waals surface area contributed by atoms with Gasteiger partial charge in [-0.05, 0) is 53.4 Å². The van der Waals surface area contributed by atoms with Gasteiger partial charge in [0.25, 0.3) is 0 Å². The second-order valence-corrected chi connectivity index (χ2v) is 7.64. The Morgan fingerprint density at radius 1 is 1.09 bits per heavy atom. The van der Waals surface area contributed by atoms with E-state index in [9.17, 15) is 23.1 Å². The molecule has 1 heterocycles. The number of pyridine rings is 1. The lowest BCUT2D eigenvalue weighted by molar-refractivity contribution is -0.274. The Morgan fingerprint density at radius 2 is 1.91 bits per heavy atom. The van der Waals surface area contributed by atoms with Gasteiger partial charge in [-0.3, -0.25) is 9.78 Å². The predicted octanol–water partition coefficient (Wildman–Crippen LogP) is 5.42. The molecule has 2 atom stereocenters. The van der Waals surface area contributed by atoms with Gasteiger partial charge in [0.15, 0.2) is 0 Å². The number of benzene rings is 2. The summed E-state index contributed by atoms with van der Waals surface area (Å²) in [7, 11) is 1.54. The van der Waals surface area contributed by atoms with E-state index in [1.807, 2.05) is 12.1 Å². The number of ether oxygens (including phenoxy) is 3. The minimum atomic E-state index is -4.76. The highest BCUT2D eigenvalue weighted by Crippen LogP contribution is 2.51. The summed E-state index contributed by atoms with van der Waals surface area (Å²) < 4.78 is 52.3. The maximum Gasteiger partial charge on any atom is 0.573 e. The van der Waals surface area contributed by atoms with Gasteiger partial charge in [0.2, 0.25) is 0 Å². The van der Waals surface area contributed by atoms with Crippen LogP contribution in [0.25, 0.3) is 11.1 Å². The highest BCUT2D eigenvalue weighted by Gasteiger charge is 2.45. The molecule has 4 rings (SSSR count). The van der Waals surface area contributed by atoms with Crippen molar-refractivity contribution in [1.82, 2.24) is 4.98 Å². The van der Waals surface area contributed by atoms with E-state index in [-0.39, 0.29) is 18.3 Å². The first-order chi connectivity index (χ1) is 15.7. The molecule has 3 aromatic rings. The van der Waals surface area contributed by atoms with Crippen molar-refractivity contribution in [2.24, 2.45) is 5.92 Å². The van der Waals surface area contributed by atoms with Crippen molar-refractivity contribution in [3.8, 4) is 28.4 Å². The van der Waals surface area contributed by atoms with E-state index < -0.39 is 18.2 Å². The Morgan fingerprint density at radius 3 is 2.61 bits per heavy atom. The maximum atomic E-state index is 12.4. The van der Waals surface area contributed by atoms with Crippen molar-refractivity contribution in [2.45, 2.75) is 25.3 Å². The molecule has 1 N–H and O–H groups in total. The van der Waals surface area contributed by atoms with Crippen LogP contribution >= 0.6 is 0 Å². The van der Waals surface area contributed by atoms with Gasteiger partial charge in [-0.15, -0.1) is 13.2 Å². The molecule has 0 aliphatic heterocycles. The molecule has 33 heavy (non-hydrogen) atoms. The molecule has 1 aromatic heterocycles. The summed E-state index contributed by atoms with van der Waals surface area (Å²) in [4.78, 5) is 15.5. The van der Waals surface area contributed by atoms with Crippen molar-refractivity contribution in [2.75, 3.05) is 7.11 Å². The lowest BCUT2D eigenvalue weighted by atomic mass is 10.0. The fourth-order valence-electron chi connectivity index (χ4n) is 3.67. The van der Waals surface area contributed by atoms with Crippen LogP contribution in [0.5, 0.6) is 17.2 Å². The second kappa shape index (κ2) is 9.01. The van der Waals surface area contributed by atoms with Crippen LogP contribution in [-0.2, 0) is 11.4 Å². The Labute approximate surface area is 187 Å². The lowest BCUT2D eigenvalue weighted by Crippen LogP contribution is -2.17. The van der Waals surface area contributed by atoms with E-state index in [1.54, 1.807) is 31.5 Å². The van der Waals surface area contributed by atoms with Crippen LogP contribution in [0.4, 0.5) is 13.2 Å². The third kappa shape index (κ3) is 5.54. The number of carboxylic acids is 1. The van der Waals surface area contributed by atoms with E-state index in [2.05, 4.69) is 9.72 Å². The van der Waals surface area contributed by atoms with Crippen molar-refractivity contribution in [1.29, 1.82) is 0 Å². The van der Waals surface area contributed by atoms with E-state index in [0.717, 1.165) is 16.7 Å². The molecular formula is C24H20F3NO5. The van der Waals surface area contributed by atoms with E-state index in [4.69, 9.17) is 9.47 Å². The molecule has 1 aliphatic carbocycles. The minimum Gasteiger partial charge on any atom is -0.496 e. The van der Waals surface area contributed by atoms with Gasteiger partial charge in [0, 0.05) is 17.7 Å². The summed E-state index contributed by atoms with van der Waals surface area (Å²) in [6.45, 7) is 0.0242. The first-order valence-corrected chi connectivity index (χ1v) is 10.1. The zero-order valence-electron chi connectivity index (χ0n) is 17.5. The third-order valence-electron chi connectivity index (χ3n) is 5.32. The van der Waals surface area contributed by atoms with Gasteiger partial charge >= 0.3 is 12.3 Å². The molecule has 0 bridgehead atoms. The molecular weight excluding hydrogens is 439 g/mol. The zero-order chi connectivity index (χ0) is 23.6. The molecule has 1 fully saturated rings. The number of rotatable bonds is 8. The highest BCUT2D eigenvalue weighted by molar-refractivity contribution is 5.76. The predicted molar refractivity (Wildman–Crippen MR) is 112 cm³/mol. The van der Waals surface area contributed by atoms with Gasteiger partial charge in [-0.1, -0.05) is 18.2 Å². The van der Waals surface area contributed by atoms with Crippen LogP contribution in [0.3, 0.4) is 0 Å². The smallest absolute Gasteiger partial charge is 0.496 e. The van der Waals surface area contributed by atoms with E-state index >= 15 is 0 Å². The minimum absolute atomic E-state index is 0.0242. The number of halogens is 3. The van der Waals surface area contributed by atoms with Crippen LogP contribution < -0.4 is 14.2 Å². The SMILES string of the molecule is COc1ccc(-c2cncc(OCc3cccc(OC(F)(F)F)c3)c2)cc1C1CC1C(=O)O. The number of hydrogen-bond donors (Lipinski definition) is 1. The first-order valence-electron chi connectivity index (χ1n) is 10.1. The maximum absolute atomic E-state index is 12.4. The van der Waals surface area contributed by atoms with Crippen molar-refractivity contribution < 1.29 is 37.3 Å². The van der Waals surface area contributed by atoms with Crippen LogP contribution in [0, 0.1) is 5.92 Å². The number of nitrogens with zero attached hydrogens (tertiary/aromatic N) is 1. The second-order valence-electron chi connectivity index (χ2n) is 7.64. The van der Waals surface area contributed by atoms with Crippen LogP contribution in [-0.4, -0.2) is 29.5 Å². The van der Waals surface area contributed by atoms with Gasteiger partial charge in [0.05, 0.1) is 19.2 Å². The summed E-state index contributed by atoms with van der Waals surface area (Å²) in [5.74, 6) is -0.596. The molecule has 1 saturated carbocycles. The molecule has 0 radical (unpaired) electrons. The average molecular weight is 459 g/mol. The van der Waals surface area contributed by atoms with Gasteiger partial charge in [0.1, 0.15) is 23.9 Å². The van der Waals surface area contributed by atoms with E-state index in [1.165, 1.54) is 24.4 Å². The standard InChI is InChI=1S/C24H20F3NO5/c1-31-22-6-5-15(9-20(22)19-10-21(19)23(29)30)16-8-18(12-28-11-16)32-13-14-3-2-4-17(7-14)33-24(25,26)27/h2-9,11-12,19,21H,10,13H2,1H3,(H,29,30). The molecule has 2 unspecified atom stereocenters. The Kier molecular flexibility index (Phi) is 6.13. The molecule has 6 nitrogen and oxygen atoms in total. The van der Waals surface area contributed by atoms with Gasteiger partial charge in [-0.25, -0.2) is 0 Å². The number of hydrogen-bond acceptors (Lipinski definition) is 5. The number of alkyl halides is 3. The lowest BCUT2D eigenvalue weighted by Gasteiger charge is -2.12. The number of aliphatic carboxylic acids is 1. The Bertz CT molecular complexity index is 1160. The number of methoxy groups -OCH3 is 1. The monoisotopic (exact) mass is 459 g/mol. The van der Waals surface area contributed by atoms with Crippen molar-refractivity contribution in [3.63, 3.8) is 0 Å². The van der Waals surface area contributed by atoms with Crippen LogP contribution in [0.15, 0.2) is 60.9 Å². The van der Waals surface area contributed by atoms with E-state index in [0.29, 0.717) is 23.5 Å². The first kappa shape index (κ1) is 22.4. The summed E-state index contributed by atoms with van der Waals surface area (Å²) in [5, 5.41) is 9.27. The summed E-state index contributed by atoms with van der Waals surface area (Å²) in [6, 6.07) is 12.9. The summed E-state index contributed by atoms with van der Waals surface area (Å²) in [6.07, 6.45) is -1.04. The normalized spacial score (nSPS) is 17.3. The fourth-order valence-corrected chi connectivity index (χ4v) is 3.67. The zero-order valence-corrected chi connectivity index (χ0v) is 17.5. The number of aromatic nitrogens is 1. The molecule has 9 heteroatoms. The summed E-state index contributed by atoms with van der Waals surface area (Å²) >= 11 is 0. The number of carboxylic acid groups (broad SMARTS) is 1. The molecule has 0 amide bonds. The quantitative estimate of drug-likeness (QED) is 0.485. The highest BCUT2D eigenvalue weighted by atomic mass is 19.4. The molecule has 0 spiro atoms. The molecule has 172 valence electrons. The molecule has 1 aliphatic rings. The van der Waals surface area contributed by atoms with Crippen LogP contribution in [0.1, 0.15) is 23.5 Å². The fraction of sp³-hybridized carbons (Fsp3) is 0.250. The van der Waals surface area contributed by atoms with Crippen molar-refractivity contribution >= 4 is 5.97 Å². The summed E-state index contributed by atoms with van der Waals surface area (Å²) in [5.41, 5.74) is 2.90. The number of carbonyl (C=O) groups is 1. The van der Waals surface area contributed by atoms with Crippen LogP contribution in [0.2, 0.25) is 0 Å². The third-order valence-corrected chi connectivity index (χ3v) is 5.32.